The quantitative estimate of drug-likeness (QED) is 0.708. The van der Waals surface area contributed by atoms with Gasteiger partial charge in [0.2, 0.25) is 0 Å². The minimum Gasteiger partial charge on any atom is -0.497 e. The van der Waals surface area contributed by atoms with Crippen LogP contribution in [0, 0.1) is 5.82 Å². The maximum atomic E-state index is 13.4. The molecular weight excluding hydrogens is 197 g/mol. The lowest BCUT2D eigenvalue weighted by Gasteiger charge is -2.09. The van der Waals surface area contributed by atoms with Crippen LogP contribution in [0.25, 0.3) is 0 Å². The van der Waals surface area contributed by atoms with Gasteiger partial charge in [-0.15, -0.1) is 0 Å². The fourth-order valence-electron chi connectivity index (χ4n) is 1.22. The molecule has 1 aromatic rings. The lowest BCUT2D eigenvalue weighted by atomic mass is 10.1. The van der Waals surface area contributed by atoms with Gasteiger partial charge in [0, 0.05) is 6.07 Å². The normalized spacial score (nSPS) is 10.5. The maximum absolute atomic E-state index is 13.4. The topological polar surface area (TPSA) is 29.5 Å². The molecule has 0 heterocycles. The minimum atomic E-state index is -0.541. The fraction of sp³-hybridized carbons (Fsp3) is 0.364. The molecule has 0 saturated heterocycles. The van der Waals surface area contributed by atoms with Crippen LogP contribution in [-0.4, -0.2) is 38.4 Å². The Hall–Kier alpha value is -1.42. The zero-order chi connectivity index (χ0) is 11.4. The molecule has 0 N–H and O–H groups in total. The van der Waals surface area contributed by atoms with Crippen molar-refractivity contribution in [2.75, 3.05) is 27.7 Å². The van der Waals surface area contributed by atoms with Crippen molar-refractivity contribution in [1.29, 1.82) is 0 Å². The van der Waals surface area contributed by atoms with Gasteiger partial charge in [0.15, 0.2) is 5.78 Å². The van der Waals surface area contributed by atoms with Crippen LogP contribution in [0.1, 0.15) is 10.4 Å². The van der Waals surface area contributed by atoms with E-state index >= 15 is 0 Å². The predicted molar refractivity (Wildman–Crippen MR) is 55.8 cm³/mol. The van der Waals surface area contributed by atoms with Crippen LogP contribution in [0.4, 0.5) is 4.39 Å². The van der Waals surface area contributed by atoms with Crippen LogP contribution in [-0.2, 0) is 0 Å². The van der Waals surface area contributed by atoms with Crippen molar-refractivity contribution in [3.05, 3.63) is 29.6 Å². The number of Topliss-reactive ketones (excluding diaryl/α,β-unsaturated/α-hetero) is 1. The smallest absolute Gasteiger partial charge is 0.179 e. The number of hydrogen-bond acceptors (Lipinski definition) is 3. The van der Waals surface area contributed by atoms with Crippen LogP contribution in [0.2, 0.25) is 0 Å². The van der Waals surface area contributed by atoms with E-state index in [9.17, 15) is 9.18 Å². The molecule has 0 aliphatic carbocycles. The fourth-order valence-corrected chi connectivity index (χ4v) is 1.22. The molecule has 0 fully saturated rings. The molecule has 0 aromatic heterocycles. The largest absolute Gasteiger partial charge is 0.497 e. The van der Waals surface area contributed by atoms with E-state index in [2.05, 4.69) is 0 Å². The Balaban J connectivity index is 2.90. The SMILES string of the molecule is COc1ccc(C(=O)CN(C)C)c(F)c1. The molecule has 0 aliphatic heterocycles. The summed E-state index contributed by atoms with van der Waals surface area (Å²) in [5.74, 6) is -0.366. The molecule has 0 amide bonds. The maximum Gasteiger partial charge on any atom is 0.179 e. The number of ether oxygens (including phenoxy) is 1. The van der Waals surface area contributed by atoms with E-state index in [1.54, 1.807) is 25.1 Å². The summed E-state index contributed by atoms with van der Waals surface area (Å²) >= 11 is 0. The van der Waals surface area contributed by atoms with Crippen molar-refractivity contribution >= 4 is 5.78 Å². The summed E-state index contributed by atoms with van der Waals surface area (Å²) < 4.78 is 18.3. The molecule has 4 heteroatoms. The van der Waals surface area contributed by atoms with Gasteiger partial charge >= 0.3 is 0 Å². The highest BCUT2D eigenvalue weighted by atomic mass is 19.1. The summed E-state index contributed by atoms with van der Waals surface area (Å²) in [5.41, 5.74) is 0.101. The Morgan fingerprint density at radius 1 is 1.47 bits per heavy atom. The summed E-state index contributed by atoms with van der Waals surface area (Å²) in [6.07, 6.45) is 0. The van der Waals surface area contributed by atoms with Crippen molar-refractivity contribution < 1.29 is 13.9 Å². The highest BCUT2D eigenvalue weighted by Gasteiger charge is 2.12. The third-order valence-electron chi connectivity index (χ3n) is 1.94. The molecule has 0 radical (unpaired) electrons. The zero-order valence-electron chi connectivity index (χ0n) is 9.08. The Bertz CT molecular complexity index is 364. The predicted octanol–water partition coefficient (Wildman–Crippen LogP) is 1.58. The van der Waals surface area contributed by atoms with E-state index in [0.717, 1.165) is 0 Å². The van der Waals surface area contributed by atoms with Crippen LogP contribution >= 0.6 is 0 Å². The summed E-state index contributed by atoms with van der Waals surface area (Å²) in [5, 5.41) is 0. The number of carbonyl (C=O) groups is 1. The van der Waals surface area contributed by atoms with Gasteiger partial charge in [-0.3, -0.25) is 4.79 Å². The first-order valence-electron chi connectivity index (χ1n) is 4.56. The number of methoxy groups -OCH3 is 1. The summed E-state index contributed by atoms with van der Waals surface area (Å²) in [6, 6.07) is 4.23. The monoisotopic (exact) mass is 211 g/mol. The van der Waals surface area contributed by atoms with Gasteiger partial charge in [-0.25, -0.2) is 4.39 Å². The number of hydrogen-bond donors (Lipinski definition) is 0. The molecule has 0 spiro atoms. The first kappa shape index (κ1) is 11.7. The molecular formula is C11H14FNO2. The van der Waals surface area contributed by atoms with E-state index < -0.39 is 5.82 Å². The third-order valence-corrected chi connectivity index (χ3v) is 1.94. The standard InChI is InChI=1S/C11H14FNO2/c1-13(2)7-11(14)9-5-4-8(15-3)6-10(9)12/h4-6H,7H2,1-3H3. The van der Waals surface area contributed by atoms with Crippen LogP contribution < -0.4 is 4.74 Å². The summed E-state index contributed by atoms with van der Waals surface area (Å²) in [4.78, 5) is 13.3. The van der Waals surface area contributed by atoms with Gasteiger partial charge in [0.05, 0.1) is 19.2 Å². The Labute approximate surface area is 88.5 Å². The van der Waals surface area contributed by atoms with Gasteiger partial charge < -0.3 is 9.64 Å². The van der Waals surface area contributed by atoms with E-state index in [1.807, 2.05) is 0 Å². The molecule has 0 bridgehead atoms. The first-order valence-corrected chi connectivity index (χ1v) is 4.56. The van der Waals surface area contributed by atoms with Crippen LogP contribution in [0.15, 0.2) is 18.2 Å². The second kappa shape index (κ2) is 4.89. The van der Waals surface area contributed by atoms with Crippen molar-refractivity contribution in [3.8, 4) is 5.75 Å². The lowest BCUT2D eigenvalue weighted by molar-refractivity contribution is 0.0954. The van der Waals surface area contributed by atoms with Crippen LogP contribution in [0.5, 0.6) is 5.75 Å². The van der Waals surface area contributed by atoms with Crippen LogP contribution in [0.3, 0.4) is 0 Å². The van der Waals surface area contributed by atoms with Gasteiger partial charge in [0.1, 0.15) is 11.6 Å². The molecule has 0 atom stereocenters. The number of ketones is 1. The first-order chi connectivity index (χ1) is 7.04. The average molecular weight is 211 g/mol. The Morgan fingerprint density at radius 3 is 2.60 bits per heavy atom. The van der Waals surface area contributed by atoms with Gasteiger partial charge in [-0.05, 0) is 26.2 Å². The van der Waals surface area contributed by atoms with Crippen molar-refractivity contribution in [3.63, 3.8) is 0 Å². The number of nitrogens with zero attached hydrogens (tertiary/aromatic N) is 1. The van der Waals surface area contributed by atoms with Gasteiger partial charge in [-0.1, -0.05) is 0 Å². The summed E-state index contributed by atoms with van der Waals surface area (Å²) in [7, 11) is 4.98. The number of benzene rings is 1. The second-order valence-electron chi connectivity index (χ2n) is 3.51. The molecule has 0 saturated carbocycles. The highest BCUT2D eigenvalue weighted by Crippen LogP contribution is 2.16. The number of rotatable bonds is 4. The molecule has 82 valence electrons. The van der Waals surface area contributed by atoms with E-state index in [1.165, 1.54) is 19.2 Å². The van der Waals surface area contributed by atoms with Crippen molar-refractivity contribution in [2.24, 2.45) is 0 Å². The zero-order valence-corrected chi connectivity index (χ0v) is 9.08. The lowest BCUT2D eigenvalue weighted by Crippen LogP contribution is -2.22. The van der Waals surface area contributed by atoms with Gasteiger partial charge in [-0.2, -0.15) is 0 Å². The molecule has 1 rings (SSSR count). The third kappa shape index (κ3) is 3.02. The van der Waals surface area contributed by atoms with E-state index in [4.69, 9.17) is 4.74 Å². The van der Waals surface area contributed by atoms with Crippen molar-refractivity contribution in [2.45, 2.75) is 0 Å². The Morgan fingerprint density at radius 2 is 2.13 bits per heavy atom. The van der Waals surface area contributed by atoms with E-state index in [-0.39, 0.29) is 17.9 Å². The minimum absolute atomic E-state index is 0.101. The van der Waals surface area contributed by atoms with E-state index in [0.29, 0.717) is 5.75 Å². The number of likely N-dealkylation sites (N-methyl/N-ethyl adjacent to an activating group) is 1. The Kier molecular flexibility index (Phi) is 3.80. The van der Waals surface area contributed by atoms with Crippen molar-refractivity contribution in [1.82, 2.24) is 4.90 Å². The highest BCUT2D eigenvalue weighted by molar-refractivity contribution is 5.97. The molecule has 1 aromatic carbocycles. The molecule has 3 nitrogen and oxygen atoms in total. The molecule has 0 aliphatic rings. The molecule has 15 heavy (non-hydrogen) atoms. The summed E-state index contributed by atoms with van der Waals surface area (Å²) in [6.45, 7) is 0.198. The number of halogens is 1. The number of carbonyl (C=O) groups excluding carboxylic acids is 1. The average Bonchev–Trinajstić information content (AvgIpc) is 2.16. The van der Waals surface area contributed by atoms with Gasteiger partial charge in [0.25, 0.3) is 0 Å². The molecule has 0 unspecified atom stereocenters. The second-order valence-corrected chi connectivity index (χ2v) is 3.51.